The summed E-state index contributed by atoms with van der Waals surface area (Å²) in [4.78, 5) is 65.3. The molecular weight excluding hydrogens is 979 g/mol. The zero-order chi connectivity index (χ0) is 55.2. The fraction of sp³-hybridized carbons (Fsp3) is 0.906. The summed E-state index contributed by atoms with van der Waals surface area (Å²) in [5.41, 5.74) is -1.66. The maximum Gasteiger partial charge on any atom is 0.228 e. The van der Waals surface area contributed by atoms with E-state index in [0.29, 0.717) is 44.9 Å². The Morgan fingerprint density at radius 3 is 1.92 bits per heavy atom. The van der Waals surface area contributed by atoms with E-state index in [-0.39, 0.29) is 118 Å². The average molecular weight is 1070 g/mol. The highest BCUT2D eigenvalue weighted by Crippen LogP contribution is 2.40. The highest BCUT2D eigenvalue weighted by Gasteiger charge is 2.48. The first-order valence-corrected chi connectivity index (χ1v) is 27.7. The normalized spacial score (nSPS) is 35.7. The number of nitrogens with one attached hydrogen (secondary N) is 5. The number of aliphatic hydroxyl groups excluding tert-OH is 5. The number of rotatable bonds is 25. The van der Waals surface area contributed by atoms with Crippen LogP contribution in [-0.4, -0.2) is 186 Å². The number of hydrogen-bond acceptors (Lipinski definition) is 17. The Labute approximate surface area is 443 Å². The van der Waals surface area contributed by atoms with E-state index in [1.165, 1.54) is 6.92 Å². The van der Waals surface area contributed by atoms with Crippen LogP contribution in [0.3, 0.4) is 0 Å². The lowest BCUT2D eigenvalue weighted by Crippen LogP contribution is -2.59. The van der Waals surface area contributed by atoms with Crippen LogP contribution in [0.2, 0.25) is 0 Å². The molecule has 0 radical (unpaired) electrons. The predicted molar refractivity (Wildman–Crippen MR) is 272 cm³/mol. The molecule has 75 heavy (non-hydrogen) atoms. The van der Waals surface area contributed by atoms with Gasteiger partial charge in [-0.25, -0.2) is 0 Å². The minimum absolute atomic E-state index is 0.0328. The molecule has 0 unspecified atom stereocenters. The van der Waals surface area contributed by atoms with Gasteiger partial charge in [-0.1, -0.05) is 26.7 Å². The van der Waals surface area contributed by atoms with Crippen LogP contribution in [0.25, 0.3) is 0 Å². The molecule has 2 aliphatic carbocycles. The van der Waals surface area contributed by atoms with E-state index < -0.39 is 97.3 Å². The summed E-state index contributed by atoms with van der Waals surface area (Å²) in [5, 5.41) is 66.7. The predicted octanol–water partition coefficient (Wildman–Crippen LogP) is 1.19. The largest absolute Gasteiger partial charge is 0.394 e. The van der Waals surface area contributed by atoms with Gasteiger partial charge in [-0.2, -0.15) is 0 Å². The summed E-state index contributed by atoms with van der Waals surface area (Å²) in [5.74, 6) is -2.07. The average Bonchev–Trinajstić information content (AvgIpc) is 3.36. The van der Waals surface area contributed by atoms with Crippen molar-refractivity contribution in [2.75, 3.05) is 39.4 Å². The second kappa shape index (κ2) is 29.2. The Morgan fingerprint density at radius 2 is 1.25 bits per heavy atom. The molecule has 0 aromatic carbocycles. The van der Waals surface area contributed by atoms with Crippen molar-refractivity contribution >= 4 is 29.5 Å². The van der Waals surface area contributed by atoms with Gasteiger partial charge in [0.25, 0.3) is 0 Å². The number of aliphatic hydroxyl groups is 5. The van der Waals surface area contributed by atoms with Gasteiger partial charge in [-0.15, -0.1) is 0 Å². The monoisotopic (exact) mass is 1070 g/mol. The highest BCUT2D eigenvalue weighted by molar-refractivity contribution is 5.82. The van der Waals surface area contributed by atoms with Crippen molar-refractivity contribution in [2.24, 2.45) is 29.1 Å². The number of ether oxygens (including phenoxy) is 7. The molecule has 10 N–H and O–H groups in total. The van der Waals surface area contributed by atoms with Crippen molar-refractivity contribution < 1.29 is 82.7 Å². The summed E-state index contributed by atoms with van der Waals surface area (Å²) >= 11 is 0. The molecule has 22 heteroatoms. The van der Waals surface area contributed by atoms with Gasteiger partial charge >= 0.3 is 0 Å². The molecule has 5 fully saturated rings. The van der Waals surface area contributed by atoms with Gasteiger partial charge in [-0.3, -0.25) is 24.0 Å². The molecule has 2 saturated carbocycles. The third-order valence-electron chi connectivity index (χ3n) is 15.7. The first-order valence-electron chi connectivity index (χ1n) is 27.7. The lowest BCUT2D eigenvalue weighted by atomic mass is 9.75. The second-order valence-corrected chi connectivity index (χ2v) is 23.0. The summed E-state index contributed by atoms with van der Waals surface area (Å²) in [6.07, 6.45) is -4.06. The van der Waals surface area contributed by atoms with Gasteiger partial charge in [0.15, 0.2) is 18.9 Å². The third kappa shape index (κ3) is 18.8. The summed E-state index contributed by atoms with van der Waals surface area (Å²) in [6, 6.07) is -0.797. The van der Waals surface area contributed by atoms with E-state index in [2.05, 4.69) is 33.5 Å². The SMILES string of the molecule is CC[C@H]1C[C@@H](C(=O)NCCNC(=O)CCC(C)(C)OCC(C)(C)C(=O)NCCNC(=O)[C@H]2CC[C@H](O[C@@H]3O[C@@H](C)CC[C@@H]3O)[C@@H](CC)C2)C[C@@H](O[C@@H]2O[C@H](CO)[C@H](O)C[C@H]2NC(C)=O)[C@@H]1O[C@@H]1O[C@@H](C)C[C@@H](O)[C@@H]1O. The van der Waals surface area contributed by atoms with E-state index in [1.54, 1.807) is 20.8 Å². The Morgan fingerprint density at radius 1 is 0.627 bits per heavy atom. The molecule has 3 heterocycles. The molecule has 3 aliphatic heterocycles. The Kier molecular flexibility index (Phi) is 24.4. The summed E-state index contributed by atoms with van der Waals surface area (Å²) in [7, 11) is 0. The molecule has 0 aromatic heterocycles. The van der Waals surface area contributed by atoms with Gasteiger partial charge in [0.2, 0.25) is 29.5 Å². The fourth-order valence-electron chi connectivity index (χ4n) is 10.9. The molecule has 432 valence electrons. The van der Waals surface area contributed by atoms with Crippen molar-refractivity contribution in [3.8, 4) is 0 Å². The van der Waals surface area contributed by atoms with Crippen LogP contribution in [0, 0.1) is 29.1 Å². The van der Waals surface area contributed by atoms with Gasteiger partial charge in [-0.05, 0) is 105 Å². The van der Waals surface area contributed by atoms with Crippen LogP contribution in [-0.2, 0) is 57.1 Å². The molecule has 18 atom stereocenters. The standard InChI is InChI=1S/C53H93N5O17/c1-10-32-23-34(13-15-40(32)72-49-37(61)14-12-29(3)70-49)46(66)55-20-21-57-51(68)52(6,7)28-69-53(8,9)17-16-43(64)54-18-19-56-47(67)35-24-33(11-2)45(75-50-44(65)39(63)22-30(4)71-50)41(25-35)73-48-36(58-31(5)60)26-38(62)42(27-59)74-48/h29-30,32-42,44-45,48-50,59,61-63,65H,10-28H2,1-9H3,(H,54,64)(H,55,66)(H,56,67)(H,57,68)(H,58,60)/t29-,30-,32-,33-,34-,35+,36+,37-,38+,39+,40-,41+,42+,44-,45+,48+,49-,50-/m0/s1. The van der Waals surface area contributed by atoms with Crippen molar-refractivity contribution in [1.82, 2.24) is 26.6 Å². The van der Waals surface area contributed by atoms with Gasteiger partial charge in [0, 0.05) is 64.2 Å². The minimum atomic E-state index is -1.34. The van der Waals surface area contributed by atoms with Crippen molar-refractivity contribution in [1.29, 1.82) is 0 Å². The van der Waals surface area contributed by atoms with Crippen LogP contribution in [0.4, 0.5) is 0 Å². The third-order valence-corrected chi connectivity index (χ3v) is 15.7. The second-order valence-electron chi connectivity index (χ2n) is 23.0. The van der Waals surface area contributed by atoms with Gasteiger partial charge < -0.3 is 85.3 Å². The van der Waals surface area contributed by atoms with Crippen LogP contribution >= 0.6 is 0 Å². The number of amides is 5. The quantitative estimate of drug-likeness (QED) is 0.0574. The summed E-state index contributed by atoms with van der Waals surface area (Å²) in [6.45, 7) is 16.7. The lowest BCUT2D eigenvalue weighted by Gasteiger charge is -2.47. The zero-order valence-corrected chi connectivity index (χ0v) is 46.0. The Balaban J connectivity index is 1.02. The molecule has 0 aromatic rings. The molecule has 5 aliphatic rings. The number of carbonyl (C=O) groups excluding carboxylic acids is 5. The van der Waals surface area contributed by atoms with E-state index in [4.69, 9.17) is 33.2 Å². The molecule has 22 nitrogen and oxygen atoms in total. The van der Waals surface area contributed by atoms with E-state index in [9.17, 15) is 49.5 Å². The Bertz CT molecular complexity index is 1830. The van der Waals surface area contributed by atoms with Crippen LogP contribution in [0.1, 0.15) is 146 Å². The first-order chi connectivity index (χ1) is 35.4. The van der Waals surface area contributed by atoms with Crippen LogP contribution < -0.4 is 26.6 Å². The first kappa shape index (κ1) is 62.7. The molecule has 3 saturated heterocycles. The van der Waals surface area contributed by atoms with Crippen LogP contribution in [0.15, 0.2) is 0 Å². The van der Waals surface area contributed by atoms with Crippen molar-refractivity contribution in [3.05, 3.63) is 0 Å². The maximum atomic E-state index is 13.8. The van der Waals surface area contributed by atoms with Gasteiger partial charge in [0.1, 0.15) is 18.3 Å². The van der Waals surface area contributed by atoms with E-state index >= 15 is 0 Å². The van der Waals surface area contributed by atoms with Crippen LogP contribution in [0.5, 0.6) is 0 Å². The molecule has 5 rings (SSSR count). The number of carbonyl (C=O) groups is 5. The zero-order valence-electron chi connectivity index (χ0n) is 46.0. The Hall–Kier alpha value is -3.13. The maximum absolute atomic E-state index is 13.8. The smallest absolute Gasteiger partial charge is 0.228 e. The lowest BCUT2D eigenvalue weighted by molar-refractivity contribution is -0.319. The topological polar surface area (TPSA) is 311 Å². The van der Waals surface area contributed by atoms with Gasteiger partial charge in [0.05, 0.1) is 73.0 Å². The summed E-state index contributed by atoms with van der Waals surface area (Å²) < 4.78 is 43.1. The molecule has 0 bridgehead atoms. The molecule has 5 amide bonds. The van der Waals surface area contributed by atoms with E-state index in [1.807, 2.05) is 27.7 Å². The fourth-order valence-corrected chi connectivity index (χ4v) is 10.9. The number of hydrogen-bond donors (Lipinski definition) is 10. The van der Waals surface area contributed by atoms with E-state index in [0.717, 1.165) is 12.8 Å². The minimum Gasteiger partial charge on any atom is -0.394 e. The van der Waals surface area contributed by atoms with Crippen molar-refractivity contribution in [2.45, 2.75) is 237 Å². The highest BCUT2D eigenvalue weighted by atomic mass is 16.7. The molecule has 0 spiro atoms. The molecular formula is C53H93N5O17. The van der Waals surface area contributed by atoms with Crippen molar-refractivity contribution in [3.63, 3.8) is 0 Å².